The maximum absolute atomic E-state index is 3.47. The molecule has 1 aliphatic rings. The highest BCUT2D eigenvalue weighted by Gasteiger charge is 2.29. The van der Waals surface area contributed by atoms with Gasteiger partial charge in [0.2, 0.25) is 0 Å². The smallest absolute Gasteiger partial charge is 0.00954 e. The molecular weight excluding hydrogens is 242 g/mol. The van der Waals surface area contributed by atoms with Gasteiger partial charge in [-0.25, -0.2) is 0 Å². The minimum atomic E-state index is 0.712. The van der Waals surface area contributed by atoms with Crippen molar-refractivity contribution in [3.63, 3.8) is 0 Å². The van der Waals surface area contributed by atoms with E-state index < -0.39 is 0 Å². The standard InChI is InChI=1S/C19H23N/c1-20-19(18-12-13-18)14-9-15-7-10-17(11-8-15)16-5-3-2-4-6-16/h2-8,10-11,18-20H,9,12-14H2,1H3. The lowest BCUT2D eigenvalue weighted by Crippen LogP contribution is -2.27. The van der Waals surface area contributed by atoms with E-state index in [1.807, 2.05) is 0 Å². The third-order valence-corrected chi connectivity index (χ3v) is 4.37. The van der Waals surface area contributed by atoms with Crippen LogP contribution < -0.4 is 5.32 Å². The summed E-state index contributed by atoms with van der Waals surface area (Å²) < 4.78 is 0. The molecule has 0 aromatic heterocycles. The first kappa shape index (κ1) is 13.4. The lowest BCUT2D eigenvalue weighted by molar-refractivity contribution is 0.470. The maximum Gasteiger partial charge on any atom is 0.00954 e. The topological polar surface area (TPSA) is 12.0 Å². The van der Waals surface area contributed by atoms with Gasteiger partial charge in [0, 0.05) is 6.04 Å². The monoisotopic (exact) mass is 265 g/mol. The van der Waals surface area contributed by atoms with Crippen molar-refractivity contribution in [2.45, 2.75) is 31.7 Å². The number of benzene rings is 2. The predicted octanol–water partition coefficient (Wildman–Crippen LogP) is 4.28. The van der Waals surface area contributed by atoms with Crippen LogP contribution in [-0.4, -0.2) is 13.1 Å². The SMILES string of the molecule is CNC(CCc1ccc(-c2ccccc2)cc1)C1CC1. The number of rotatable bonds is 6. The molecule has 104 valence electrons. The molecule has 1 unspecified atom stereocenters. The highest BCUT2D eigenvalue weighted by atomic mass is 14.9. The molecule has 2 aromatic rings. The first-order chi connectivity index (χ1) is 9.86. The minimum absolute atomic E-state index is 0.712. The molecule has 3 rings (SSSR count). The Labute approximate surface area is 122 Å². The van der Waals surface area contributed by atoms with Crippen molar-refractivity contribution >= 4 is 0 Å². The number of hydrogen-bond donors (Lipinski definition) is 1. The Morgan fingerprint density at radius 3 is 2.20 bits per heavy atom. The van der Waals surface area contributed by atoms with E-state index in [1.54, 1.807) is 0 Å². The molecule has 20 heavy (non-hydrogen) atoms. The van der Waals surface area contributed by atoms with Gasteiger partial charge in [-0.1, -0.05) is 54.6 Å². The number of nitrogens with one attached hydrogen (secondary N) is 1. The fourth-order valence-electron chi connectivity index (χ4n) is 2.93. The Morgan fingerprint density at radius 2 is 1.60 bits per heavy atom. The summed E-state index contributed by atoms with van der Waals surface area (Å²) in [4.78, 5) is 0. The van der Waals surface area contributed by atoms with Gasteiger partial charge in [-0.3, -0.25) is 0 Å². The van der Waals surface area contributed by atoms with Gasteiger partial charge in [-0.2, -0.15) is 0 Å². The van der Waals surface area contributed by atoms with Crippen molar-refractivity contribution < 1.29 is 0 Å². The first-order valence-corrected chi connectivity index (χ1v) is 7.68. The van der Waals surface area contributed by atoms with Crippen LogP contribution in [0.15, 0.2) is 54.6 Å². The van der Waals surface area contributed by atoms with E-state index in [9.17, 15) is 0 Å². The summed E-state index contributed by atoms with van der Waals surface area (Å²) >= 11 is 0. The number of hydrogen-bond acceptors (Lipinski definition) is 1. The molecule has 1 nitrogen and oxygen atoms in total. The van der Waals surface area contributed by atoms with Crippen LogP contribution in [0, 0.1) is 5.92 Å². The van der Waals surface area contributed by atoms with E-state index in [0.717, 1.165) is 5.92 Å². The van der Waals surface area contributed by atoms with Crippen molar-refractivity contribution in [1.82, 2.24) is 5.32 Å². The third-order valence-electron chi connectivity index (χ3n) is 4.37. The van der Waals surface area contributed by atoms with Crippen molar-refractivity contribution in [3.05, 3.63) is 60.2 Å². The third kappa shape index (κ3) is 3.29. The molecule has 0 spiro atoms. The molecule has 1 fully saturated rings. The van der Waals surface area contributed by atoms with Gasteiger partial charge >= 0.3 is 0 Å². The molecule has 2 aromatic carbocycles. The highest BCUT2D eigenvalue weighted by molar-refractivity contribution is 5.63. The van der Waals surface area contributed by atoms with Gasteiger partial charge in [0.15, 0.2) is 0 Å². The molecule has 1 N–H and O–H groups in total. The zero-order valence-corrected chi connectivity index (χ0v) is 12.2. The van der Waals surface area contributed by atoms with E-state index in [2.05, 4.69) is 67.0 Å². The summed E-state index contributed by atoms with van der Waals surface area (Å²) in [7, 11) is 2.10. The van der Waals surface area contributed by atoms with Crippen LogP contribution in [0.25, 0.3) is 11.1 Å². The molecule has 0 saturated heterocycles. The Kier molecular flexibility index (Phi) is 4.17. The van der Waals surface area contributed by atoms with Gasteiger partial charge in [0.1, 0.15) is 0 Å². The van der Waals surface area contributed by atoms with Gasteiger partial charge < -0.3 is 5.32 Å². The molecule has 1 aliphatic carbocycles. The van der Waals surface area contributed by atoms with Crippen molar-refractivity contribution in [3.8, 4) is 11.1 Å². The van der Waals surface area contributed by atoms with Crippen LogP contribution >= 0.6 is 0 Å². The van der Waals surface area contributed by atoms with Crippen LogP contribution in [0.5, 0.6) is 0 Å². The average Bonchev–Trinajstić information content (AvgIpc) is 3.34. The molecule has 1 atom stereocenters. The van der Waals surface area contributed by atoms with Gasteiger partial charge in [0.05, 0.1) is 0 Å². The predicted molar refractivity (Wildman–Crippen MR) is 85.8 cm³/mol. The number of aryl methyl sites for hydroxylation is 1. The largest absolute Gasteiger partial charge is 0.317 e. The molecular formula is C19H23N. The van der Waals surface area contributed by atoms with E-state index in [1.165, 1.54) is 42.4 Å². The summed E-state index contributed by atoms with van der Waals surface area (Å²) in [6.45, 7) is 0. The lowest BCUT2D eigenvalue weighted by Gasteiger charge is -2.15. The van der Waals surface area contributed by atoms with Crippen molar-refractivity contribution in [1.29, 1.82) is 0 Å². The Hall–Kier alpha value is -1.60. The molecule has 0 heterocycles. The zero-order chi connectivity index (χ0) is 13.8. The molecule has 1 heteroatoms. The molecule has 0 amide bonds. The molecule has 1 saturated carbocycles. The normalized spacial score (nSPS) is 16.1. The van der Waals surface area contributed by atoms with E-state index in [0.29, 0.717) is 6.04 Å². The molecule has 0 aliphatic heterocycles. The minimum Gasteiger partial charge on any atom is -0.317 e. The van der Waals surface area contributed by atoms with Crippen molar-refractivity contribution in [2.75, 3.05) is 7.05 Å². The van der Waals surface area contributed by atoms with Gasteiger partial charge in [0.25, 0.3) is 0 Å². The van der Waals surface area contributed by atoms with E-state index >= 15 is 0 Å². The Morgan fingerprint density at radius 1 is 0.950 bits per heavy atom. The first-order valence-electron chi connectivity index (χ1n) is 7.68. The van der Waals surface area contributed by atoms with Crippen LogP contribution in [-0.2, 0) is 6.42 Å². The fourth-order valence-corrected chi connectivity index (χ4v) is 2.93. The summed E-state index contributed by atoms with van der Waals surface area (Å²) in [5, 5.41) is 3.47. The van der Waals surface area contributed by atoms with Crippen molar-refractivity contribution in [2.24, 2.45) is 5.92 Å². The quantitative estimate of drug-likeness (QED) is 0.822. The second-order valence-electron chi connectivity index (χ2n) is 5.83. The van der Waals surface area contributed by atoms with Crippen LogP contribution in [0.1, 0.15) is 24.8 Å². The Balaban J connectivity index is 1.61. The van der Waals surface area contributed by atoms with Crippen LogP contribution in [0.3, 0.4) is 0 Å². The van der Waals surface area contributed by atoms with Crippen LogP contribution in [0.4, 0.5) is 0 Å². The lowest BCUT2D eigenvalue weighted by atomic mass is 9.99. The van der Waals surface area contributed by atoms with Crippen LogP contribution in [0.2, 0.25) is 0 Å². The molecule has 0 bridgehead atoms. The second-order valence-corrected chi connectivity index (χ2v) is 5.83. The summed E-state index contributed by atoms with van der Waals surface area (Å²) in [6.07, 6.45) is 5.26. The van der Waals surface area contributed by atoms with E-state index in [4.69, 9.17) is 0 Å². The summed E-state index contributed by atoms with van der Waals surface area (Å²) in [6, 6.07) is 20.3. The Bertz CT molecular complexity index is 525. The summed E-state index contributed by atoms with van der Waals surface area (Å²) in [5.41, 5.74) is 4.05. The zero-order valence-electron chi connectivity index (χ0n) is 12.2. The molecule has 0 radical (unpaired) electrons. The summed E-state index contributed by atoms with van der Waals surface area (Å²) in [5.74, 6) is 0.934. The second kappa shape index (κ2) is 6.23. The van der Waals surface area contributed by atoms with Gasteiger partial charge in [-0.05, 0) is 55.3 Å². The highest BCUT2D eigenvalue weighted by Crippen LogP contribution is 2.34. The van der Waals surface area contributed by atoms with Gasteiger partial charge in [-0.15, -0.1) is 0 Å². The maximum atomic E-state index is 3.47. The van der Waals surface area contributed by atoms with E-state index in [-0.39, 0.29) is 0 Å². The average molecular weight is 265 g/mol. The fraction of sp³-hybridized carbons (Fsp3) is 0.368.